The van der Waals surface area contributed by atoms with Gasteiger partial charge in [-0.25, -0.2) is 4.79 Å². The lowest BCUT2D eigenvalue weighted by Crippen LogP contribution is -2.14. The average Bonchev–Trinajstić information content (AvgIpc) is 2.11. The lowest BCUT2D eigenvalue weighted by Gasteiger charge is -2.01. The van der Waals surface area contributed by atoms with Gasteiger partial charge in [-0.05, 0) is 6.92 Å². The number of hydrogen-bond donors (Lipinski definition) is 0. The van der Waals surface area contributed by atoms with Crippen LogP contribution in [-0.4, -0.2) is 22.5 Å². The number of rotatable bonds is 2. The number of carbonyl (C=O) groups is 1. The third-order valence-corrected chi connectivity index (χ3v) is 1.25. The van der Waals surface area contributed by atoms with E-state index in [0.29, 0.717) is 0 Å². The van der Waals surface area contributed by atoms with Crippen LogP contribution in [0.15, 0.2) is 0 Å². The summed E-state index contributed by atoms with van der Waals surface area (Å²) in [5, 5.41) is 0. The molecule has 0 bridgehead atoms. The Morgan fingerprint density at radius 3 is 2.57 bits per heavy atom. The van der Waals surface area contributed by atoms with Crippen molar-refractivity contribution in [3.8, 4) is 0 Å². The predicted molar refractivity (Wildman–Crippen MR) is 37.9 cm³/mol. The SMILES string of the molecule is CCOC(=O)c1nc(F)nc(F)c1F. The van der Waals surface area contributed by atoms with Gasteiger partial charge in [0, 0.05) is 0 Å². The summed E-state index contributed by atoms with van der Waals surface area (Å²) in [6.45, 7) is 1.41. The molecule has 1 rings (SSSR count). The maximum atomic E-state index is 12.8. The van der Waals surface area contributed by atoms with Gasteiger partial charge in [-0.15, -0.1) is 0 Å². The van der Waals surface area contributed by atoms with Crippen LogP contribution in [0.3, 0.4) is 0 Å². The third kappa shape index (κ3) is 1.98. The molecule has 0 radical (unpaired) electrons. The van der Waals surface area contributed by atoms with Gasteiger partial charge in [0.2, 0.25) is 5.82 Å². The highest BCUT2D eigenvalue weighted by Crippen LogP contribution is 2.08. The molecule has 0 fully saturated rings. The van der Waals surface area contributed by atoms with Crippen molar-refractivity contribution in [2.24, 2.45) is 0 Å². The van der Waals surface area contributed by atoms with Crippen LogP contribution >= 0.6 is 0 Å². The molecule has 0 amide bonds. The highest BCUT2D eigenvalue weighted by Gasteiger charge is 2.21. The summed E-state index contributed by atoms with van der Waals surface area (Å²) in [6.07, 6.45) is -1.52. The standard InChI is InChI=1S/C7H5F3N2O2/c1-2-14-6(13)4-3(8)5(9)12-7(10)11-4/h2H2,1H3. The Morgan fingerprint density at radius 1 is 1.36 bits per heavy atom. The van der Waals surface area contributed by atoms with Crippen molar-refractivity contribution < 1.29 is 22.7 Å². The zero-order valence-electron chi connectivity index (χ0n) is 7.05. The molecular weight excluding hydrogens is 201 g/mol. The molecular formula is C7H5F3N2O2. The number of carbonyl (C=O) groups excluding carboxylic acids is 1. The molecule has 0 spiro atoms. The van der Waals surface area contributed by atoms with Crippen molar-refractivity contribution in [3.63, 3.8) is 0 Å². The molecule has 1 aromatic heterocycles. The Bertz CT molecular complexity index is 370. The highest BCUT2D eigenvalue weighted by molar-refractivity contribution is 5.87. The normalized spacial score (nSPS) is 10.0. The molecule has 0 aliphatic heterocycles. The number of hydrogen-bond acceptors (Lipinski definition) is 4. The second-order valence-electron chi connectivity index (χ2n) is 2.17. The minimum absolute atomic E-state index is 0.0501. The first kappa shape index (κ1) is 10.4. The molecule has 4 nitrogen and oxygen atoms in total. The van der Waals surface area contributed by atoms with E-state index in [9.17, 15) is 18.0 Å². The quantitative estimate of drug-likeness (QED) is 0.412. The Hall–Kier alpha value is -1.66. The van der Waals surface area contributed by atoms with Crippen LogP contribution in [0, 0.1) is 17.8 Å². The molecule has 0 aliphatic rings. The first-order valence-electron chi connectivity index (χ1n) is 3.62. The molecule has 14 heavy (non-hydrogen) atoms. The van der Waals surface area contributed by atoms with E-state index in [1.807, 2.05) is 0 Å². The zero-order chi connectivity index (χ0) is 10.7. The smallest absolute Gasteiger partial charge is 0.360 e. The maximum absolute atomic E-state index is 12.8. The molecule has 0 unspecified atom stereocenters. The molecule has 76 valence electrons. The zero-order valence-corrected chi connectivity index (χ0v) is 7.05. The number of halogens is 3. The number of nitrogens with zero attached hydrogens (tertiary/aromatic N) is 2. The molecule has 0 saturated carbocycles. The van der Waals surface area contributed by atoms with E-state index < -0.39 is 29.5 Å². The van der Waals surface area contributed by atoms with E-state index in [0.717, 1.165) is 0 Å². The van der Waals surface area contributed by atoms with Crippen LogP contribution < -0.4 is 0 Å². The Balaban J connectivity index is 3.13. The fraction of sp³-hybridized carbons (Fsp3) is 0.286. The highest BCUT2D eigenvalue weighted by atomic mass is 19.2. The van der Waals surface area contributed by atoms with Crippen molar-refractivity contribution in [1.29, 1.82) is 0 Å². The topological polar surface area (TPSA) is 52.1 Å². The molecule has 0 N–H and O–H groups in total. The van der Waals surface area contributed by atoms with Crippen LogP contribution in [0.5, 0.6) is 0 Å². The molecule has 0 aromatic carbocycles. The largest absolute Gasteiger partial charge is 0.461 e. The second kappa shape index (κ2) is 4.03. The molecule has 1 heterocycles. The molecule has 0 aliphatic carbocycles. The third-order valence-electron chi connectivity index (χ3n) is 1.25. The lowest BCUT2D eigenvalue weighted by molar-refractivity contribution is 0.0509. The van der Waals surface area contributed by atoms with Crippen molar-refractivity contribution >= 4 is 5.97 Å². The fourth-order valence-electron chi connectivity index (χ4n) is 0.729. The van der Waals surface area contributed by atoms with E-state index in [1.54, 1.807) is 0 Å². The summed E-state index contributed by atoms with van der Waals surface area (Å²) in [5.74, 6) is -4.57. The Kier molecular flexibility index (Phi) is 3.00. The van der Waals surface area contributed by atoms with E-state index >= 15 is 0 Å². The van der Waals surface area contributed by atoms with Gasteiger partial charge in [-0.2, -0.15) is 23.1 Å². The number of ether oxygens (including phenoxy) is 1. The molecule has 7 heteroatoms. The van der Waals surface area contributed by atoms with Crippen molar-refractivity contribution in [2.75, 3.05) is 6.61 Å². The summed E-state index contributed by atoms with van der Waals surface area (Å²) in [4.78, 5) is 16.1. The molecule has 0 atom stereocenters. The van der Waals surface area contributed by atoms with Gasteiger partial charge in [-0.3, -0.25) is 0 Å². The van der Waals surface area contributed by atoms with E-state index in [1.165, 1.54) is 6.92 Å². The van der Waals surface area contributed by atoms with Crippen molar-refractivity contribution in [2.45, 2.75) is 6.92 Å². The van der Waals surface area contributed by atoms with Crippen LogP contribution in [0.25, 0.3) is 0 Å². The number of esters is 1. The first-order chi connectivity index (χ1) is 6.56. The minimum atomic E-state index is -1.72. The first-order valence-corrected chi connectivity index (χ1v) is 3.62. The Labute approximate surface area is 76.7 Å². The summed E-state index contributed by atoms with van der Waals surface area (Å²) in [7, 11) is 0. The maximum Gasteiger partial charge on any atom is 0.360 e. The predicted octanol–water partition coefficient (Wildman–Crippen LogP) is 1.07. The van der Waals surface area contributed by atoms with Gasteiger partial charge >= 0.3 is 12.0 Å². The lowest BCUT2D eigenvalue weighted by atomic mass is 10.4. The van der Waals surface area contributed by atoms with Gasteiger partial charge in [0.05, 0.1) is 6.61 Å². The second-order valence-corrected chi connectivity index (χ2v) is 2.17. The van der Waals surface area contributed by atoms with Crippen LogP contribution in [0.4, 0.5) is 13.2 Å². The van der Waals surface area contributed by atoms with Crippen LogP contribution in [-0.2, 0) is 4.74 Å². The van der Waals surface area contributed by atoms with Gasteiger partial charge in [0.15, 0.2) is 5.69 Å². The van der Waals surface area contributed by atoms with Gasteiger partial charge in [-0.1, -0.05) is 0 Å². The Morgan fingerprint density at radius 2 is 2.00 bits per heavy atom. The van der Waals surface area contributed by atoms with Crippen molar-refractivity contribution in [3.05, 3.63) is 23.5 Å². The fourth-order valence-corrected chi connectivity index (χ4v) is 0.729. The molecule has 1 aromatic rings. The summed E-state index contributed by atoms with van der Waals surface area (Å²) < 4.78 is 41.9. The monoisotopic (exact) mass is 206 g/mol. The average molecular weight is 206 g/mol. The minimum Gasteiger partial charge on any atom is -0.461 e. The van der Waals surface area contributed by atoms with Crippen molar-refractivity contribution in [1.82, 2.24) is 9.97 Å². The van der Waals surface area contributed by atoms with Gasteiger partial charge in [0.25, 0.3) is 5.95 Å². The summed E-state index contributed by atoms with van der Waals surface area (Å²) >= 11 is 0. The van der Waals surface area contributed by atoms with E-state index in [4.69, 9.17) is 0 Å². The van der Waals surface area contributed by atoms with E-state index in [2.05, 4.69) is 14.7 Å². The van der Waals surface area contributed by atoms with Crippen LogP contribution in [0.2, 0.25) is 0 Å². The summed E-state index contributed by atoms with van der Waals surface area (Å²) in [6, 6.07) is 0. The van der Waals surface area contributed by atoms with Crippen LogP contribution in [0.1, 0.15) is 17.4 Å². The van der Waals surface area contributed by atoms with Gasteiger partial charge in [0.1, 0.15) is 0 Å². The molecule has 0 saturated heterocycles. The summed E-state index contributed by atoms with van der Waals surface area (Å²) in [5.41, 5.74) is -1.04. The van der Waals surface area contributed by atoms with Gasteiger partial charge < -0.3 is 4.74 Å². The number of aromatic nitrogens is 2. The van der Waals surface area contributed by atoms with E-state index in [-0.39, 0.29) is 6.61 Å².